The lowest BCUT2D eigenvalue weighted by molar-refractivity contribution is 0.397. The Balaban J connectivity index is 2.18. The van der Waals surface area contributed by atoms with Crippen molar-refractivity contribution in [3.8, 4) is 0 Å². The highest BCUT2D eigenvalue weighted by Crippen LogP contribution is 2.22. The van der Waals surface area contributed by atoms with Crippen LogP contribution in [-0.4, -0.2) is 6.54 Å². The fraction of sp³-hybridized carbons (Fsp3) is 0.375. The molecular weight excluding hydrogens is 260 g/mol. The van der Waals surface area contributed by atoms with Gasteiger partial charge < -0.3 is 9.73 Å². The third-order valence-corrected chi connectivity index (χ3v) is 3.11. The van der Waals surface area contributed by atoms with Gasteiger partial charge in [-0.2, -0.15) is 0 Å². The molecule has 4 heteroatoms. The van der Waals surface area contributed by atoms with Crippen molar-refractivity contribution in [2.75, 3.05) is 6.54 Å². The molecule has 1 N–H and O–H groups in total. The first kappa shape index (κ1) is 14.7. The molecule has 0 aliphatic carbocycles. The summed E-state index contributed by atoms with van der Waals surface area (Å²) in [5.41, 5.74) is 0.616. The van der Waals surface area contributed by atoms with E-state index in [0.29, 0.717) is 12.0 Å². The minimum absolute atomic E-state index is 0.0788. The molecule has 1 atom stereocenters. The lowest BCUT2D eigenvalue weighted by Crippen LogP contribution is -2.23. The summed E-state index contributed by atoms with van der Waals surface area (Å²) >= 11 is 0. The Labute approximate surface area is 117 Å². The number of halogens is 2. The molecule has 0 aliphatic heterocycles. The summed E-state index contributed by atoms with van der Waals surface area (Å²) in [6, 6.07) is 7.32. The van der Waals surface area contributed by atoms with Crippen LogP contribution in [0.1, 0.15) is 36.5 Å². The van der Waals surface area contributed by atoms with E-state index in [4.69, 9.17) is 4.42 Å². The first-order valence-corrected chi connectivity index (χ1v) is 6.83. The quantitative estimate of drug-likeness (QED) is 0.859. The van der Waals surface area contributed by atoms with Crippen LogP contribution in [0, 0.1) is 18.6 Å². The Morgan fingerprint density at radius 1 is 1.15 bits per heavy atom. The Morgan fingerprint density at radius 3 is 2.40 bits per heavy atom. The number of benzene rings is 1. The molecule has 0 saturated heterocycles. The number of furan rings is 1. The number of aryl methyl sites for hydroxylation is 1. The summed E-state index contributed by atoms with van der Waals surface area (Å²) in [7, 11) is 0. The van der Waals surface area contributed by atoms with Crippen molar-refractivity contribution in [3.05, 3.63) is 59.1 Å². The Kier molecular flexibility index (Phi) is 4.90. The number of hydrogen-bond acceptors (Lipinski definition) is 2. The Hall–Kier alpha value is -1.68. The van der Waals surface area contributed by atoms with Gasteiger partial charge in [-0.3, -0.25) is 0 Å². The van der Waals surface area contributed by atoms with Gasteiger partial charge >= 0.3 is 0 Å². The van der Waals surface area contributed by atoms with Gasteiger partial charge in [0.2, 0.25) is 0 Å². The lowest BCUT2D eigenvalue weighted by atomic mass is 10.0. The Morgan fingerprint density at radius 2 is 1.85 bits per heavy atom. The molecule has 0 saturated carbocycles. The second-order valence-corrected chi connectivity index (χ2v) is 4.94. The molecular formula is C16H19F2NO. The van der Waals surface area contributed by atoms with Crippen molar-refractivity contribution in [2.24, 2.45) is 0 Å². The van der Waals surface area contributed by atoms with Gasteiger partial charge in [-0.05, 0) is 56.1 Å². The zero-order chi connectivity index (χ0) is 14.5. The zero-order valence-electron chi connectivity index (χ0n) is 11.7. The van der Waals surface area contributed by atoms with Crippen LogP contribution >= 0.6 is 0 Å². The van der Waals surface area contributed by atoms with E-state index in [2.05, 4.69) is 12.2 Å². The van der Waals surface area contributed by atoms with Crippen LogP contribution in [0.25, 0.3) is 0 Å². The molecule has 0 aliphatic rings. The highest BCUT2D eigenvalue weighted by molar-refractivity contribution is 5.21. The second-order valence-electron chi connectivity index (χ2n) is 4.94. The van der Waals surface area contributed by atoms with E-state index in [1.54, 1.807) is 0 Å². The van der Waals surface area contributed by atoms with Crippen molar-refractivity contribution < 1.29 is 13.2 Å². The maximum Gasteiger partial charge on any atom is 0.126 e. The van der Waals surface area contributed by atoms with Crippen molar-refractivity contribution in [3.63, 3.8) is 0 Å². The van der Waals surface area contributed by atoms with E-state index in [9.17, 15) is 8.78 Å². The maximum absolute atomic E-state index is 13.3. The smallest absolute Gasteiger partial charge is 0.126 e. The molecule has 1 unspecified atom stereocenters. The molecule has 0 spiro atoms. The summed E-state index contributed by atoms with van der Waals surface area (Å²) in [6.45, 7) is 4.77. The summed E-state index contributed by atoms with van der Waals surface area (Å²) in [5.74, 6) is 0.518. The van der Waals surface area contributed by atoms with Gasteiger partial charge in [-0.15, -0.1) is 0 Å². The standard InChI is InChI=1S/C16H19F2NO/c1-3-6-19-15(16-5-4-11(2)20-16)9-12-7-13(17)10-14(18)8-12/h4-5,7-8,10,15,19H,3,6,9H2,1-2H3. The van der Waals surface area contributed by atoms with Gasteiger partial charge in [0.25, 0.3) is 0 Å². The maximum atomic E-state index is 13.3. The van der Waals surface area contributed by atoms with Crippen LogP contribution in [0.4, 0.5) is 8.78 Å². The molecule has 20 heavy (non-hydrogen) atoms. The topological polar surface area (TPSA) is 25.2 Å². The summed E-state index contributed by atoms with van der Waals surface area (Å²) < 4.78 is 32.1. The van der Waals surface area contributed by atoms with Crippen molar-refractivity contribution in [2.45, 2.75) is 32.7 Å². The van der Waals surface area contributed by atoms with E-state index in [-0.39, 0.29) is 6.04 Å². The Bertz CT molecular complexity index is 545. The SMILES string of the molecule is CCCNC(Cc1cc(F)cc(F)c1)c1ccc(C)o1. The van der Waals surface area contributed by atoms with Gasteiger partial charge in [-0.25, -0.2) is 8.78 Å². The van der Waals surface area contributed by atoms with Crippen LogP contribution in [0.2, 0.25) is 0 Å². The molecule has 2 rings (SSSR count). The molecule has 2 nitrogen and oxygen atoms in total. The molecule has 0 radical (unpaired) electrons. The van der Waals surface area contributed by atoms with Gasteiger partial charge in [0.1, 0.15) is 23.2 Å². The fourth-order valence-electron chi connectivity index (χ4n) is 2.20. The first-order chi connectivity index (χ1) is 9.58. The second kappa shape index (κ2) is 6.66. The fourth-order valence-corrected chi connectivity index (χ4v) is 2.20. The van der Waals surface area contributed by atoms with Crippen molar-refractivity contribution in [1.82, 2.24) is 5.32 Å². The zero-order valence-corrected chi connectivity index (χ0v) is 11.7. The van der Waals surface area contributed by atoms with Crippen molar-refractivity contribution >= 4 is 0 Å². The molecule has 0 amide bonds. The van der Waals surface area contributed by atoms with E-state index < -0.39 is 11.6 Å². The average molecular weight is 279 g/mol. The molecule has 0 fully saturated rings. The molecule has 0 bridgehead atoms. The van der Waals surface area contributed by atoms with E-state index in [1.165, 1.54) is 12.1 Å². The predicted molar refractivity (Wildman–Crippen MR) is 74.5 cm³/mol. The summed E-state index contributed by atoms with van der Waals surface area (Å²) in [6.07, 6.45) is 1.47. The van der Waals surface area contributed by atoms with Gasteiger partial charge in [0.15, 0.2) is 0 Å². The highest BCUT2D eigenvalue weighted by Gasteiger charge is 2.16. The first-order valence-electron chi connectivity index (χ1n) is 6.83. The number of nitrogens with one attached hydrogen (secondary N) is 1. The molecule has 1 aromatic heterocycles. The van der Waals surface area contributed by atoms with Crippen LogP contribution in [0.5, 0.6) is 0 Å². The van der Waals surface area contributed by atoms with Gasteiger partial charge in [-0.1, -0.05) is 6.92 Å². The minimum Gasteiger partial charge on any atom is -0.465 e. The lowest BCUT2D eigenvalue weighted by Gasteiger charge is -2.16. The molecule has 1 aromatic carbocycles. The molecule has 1 heterocycles. The highest BCUT2D eigenvalue weighted by atomic mass is 19.1. The van der Waals surface area contributed by atoms with Crippen LogP contribution in [0.15, 0.2) is 34.7 Å². The minimum atomic E-state index is -0.551. The van der Waals surface area contributed by atoms with E-state index in [1.807, 2.05) is 19.1 Å². The largest absolute Gasteiger partial charge is 0.465 e. The molecule has 2 aromatic rings. The van der Waals surface area contributed by atoms with Gasteiger partial charge in [0.05, 0.1) is 6.04 Å². The van der Waals surface area contributed by atoms with Gasteiger partial charge in [0, 0.05) is 6.07 Å². The van der Waals surface area contributed by atoms with E-state index >= 15 is 0 Å². The predicted octanol–water partition coefficient (Wildman–Crippen LogP) is 4.15. The monoisotopic (exact) mass is 279 g/mol. The summed E-state index contributed by atoms with van der Waals surface area (Å²) in [5, 5.41) is 3.35. The third-order valence-electron chi connectivity index (χ3n) is 3.11. The summed E-state index contributed by atoms with van der Waals surface area (Å²) in [4.78, 5) is 0. The average Bonchev–Trinajstić information content (AvgIpc) is 2.80. The van der Waals surface area contributed by atoms with Crippen LogP contribution in [-0.2, 0) is 6.42 Å². The number of hydrogen-bond donors (Lipinski definition) is 1. The van der Waals surface area contributed by atoms with Crippen LogP contribution in [0.3, 0.4) is 0 Å². The number of rotatable bonds is 6. The van der Waals surface area contributed by atoms with E-state index in [0.717, 1.165) is 30.6 Å². The van der Waals surface area contributed by atoms with Crippen LogP contribution < -0.4 is 5.32 Å². The normalized spacial score (nSPS) is 12.6. The van der Waals surface area contributed by atoms with Crippen molar-refractivity contribution in [1.29, 1.82) is 0 Å². The molecule has 108 valence electrons. The third kappa shape index (κ3) is 3.90.